The SMILES string of the molecule is Nc1cc2cn[nH]c2cc1Nc1c(Cl)ccc2nsnc12. The normalized spacial score (nSPS) is 11.3. The summed E-state index contributed by atoms with van der Waals surface area (Å²) in [7, 11) is 0. The Labute approximate surface area is 128 Å². The van der Waals surface area contributed by atoms with E-state index in [-0.39, 0.29) is 0 Å². The van der Waals surface area contributed by atoms with Gasteiger partial charge in [0.15, 0.2) is 0 Å². The van der Waals surface area contributed by atoms with E-state index in [1.54, 1.807) is 12.3 Å². The molecule has 0 atom stereocenters. The number of fused-ring (bicyclic) bond motifs is 2. The quantitative estimate of drug-likeness (QED) is 0.492. The third kappa shape index (κ3) is 1.98. The molecule has 8 heteroatoms. The van der Waals surface area contributed by atoms with Crippen LogP contribution in [0.5, 0.6) is 0 Å². The average Bonchev–Trinajstić information content (AvgIpc) is 3.10. The standard InChI is InChI=1S/C13H9ClN6S/c14-7-1-2-9-13(20-21-19-9)12(7)17-11-4-10-6(3-8(11)15)5-16-18-10/h1-5,17H,15H2,(H,16,18). The van der Waals surface area contributed by atoms with Crippen molar-refractivity contribution in [1.29, 1.82) is 0 Å². The molecular weight excluding hydrogens is 308 g/mol. The highest BCUT2D eigenvalue weighted by atomic mass is 35.5. The van der Waals surface area contributed by atoms with Crippen LogP contribution in [0.3, 0.4) is 0 Å². The van der Waals surface area contributed by atoms with Crippen LogP contribution in [0.25, 0.3) is 21.9 Å². The smallest absolute Gasteiger partial charge is 0.129 e. The van der Waals surface area contributed by atoms with Crippen molar-refractivity contribution in [3.63, 3.8) is 0 Å². The van der Waals surface area contributed by atoms with Crippen molar-refractivity contribution >= 4 is 62.3 Å². The molecule has 0 fully saturated rings. The number of halogens is 1. The molecule has 0 aliphatic heterocycles. The Balaban J connectivity index is 1.87. The zero-order chi connectivity index (χ0) is 14.4. The number of benzene rings is 2. The van der Waals surface area contributed by atoms with Crippen molar-refractivity contribution in [3.05, 3.63) is 35.5 Å². The van der Waals surface area contributed by atoms with E-state index in [9.17, 15) is 0 Å². The van der Waals surface area contributed by atoms with Crippen LogP contribution in [-0.2, 0) is 0 Å². The van der Waals surface area contributed by atoms with Gasteiger partial charge in [0.05, 0.1) is 45.5 Å². The molecule has 0 spiro atoms. The molecule has 21 heavy (non-hydrogen) atoms. The van der Waals surface area contributed by atoms with Gasteiger partial charge in [-0.3, -0.25) is 5.10 Å². The van der Waals surface area contributed by atoms with Gasteiger partial charge in [0.2, 0.25) is 0 Å². The maximum atomic E-state index is 6.27. The Kier molecular flexibility index (Phi) is 2.69. The highest BCUT2D eigenvalue weighted by Gasteiger charge is 2.12. The van der Waals surface area contributed by atoms with Crippen LogP contribution in [0.4, 0.5) is 17.1 Å². The molecule has 4 rings (SSSR count). The second kappa shape index (κ2) is 4.57. The van der Waals surface area contributed by atoms with Crippen LogP contribution >= 0.6 is 23.3 Å². The molecule has 0 aliphatic rings. The molecule has 4 aromatic rings. The fraction of sp³-hybridized carbons (Fsp3) is 0. The molecule has 104 valence electrons. The summed E-state index contributed by atoms with van der Waals surface area (Å²) in [5, 5.41) is 11.7. The van der Waals surface area contributed by atoms with Gasteiger partial charge in [-0.05, 0) is 24.3 Å². The molecule has 0 unspecified atom stereocenters. The zero-order valence-electron chi connectivity index (χ0n) is 10.6. The lowest BCUT2D eigenvalue weighted by atomic mass is 10.2. The number of nitrogen functional groups attached to an aromatic ring is 1. The van der Waals surface area contributed by atoms with Crippen molar-refractivity contribution in [3.8, 4) is 0 Å². The number of aromatic nitrogens is 4. The first-order valence-electron chi connectivity index (χ1n) is 6.13. The summed E-state index contributed by atoms with van der Waals surface area (Å²) in [5.74, 6) is 0. The van der Waals surface area contributed by atoms with Gasteiger partial charge in [-0.1, -0.05) is 11.6 Å². The van der Waals surface area contributed by atoms with Crippen molar-refractivity contribution in [2.75, 3.05) is 11.1 Å². The van der Waals surface area contributed by atoms with E-state index in [4.69, 9.17) is 17.3 Å². The first-order valence-corrected chi connectivity index (χ1v) is 7.23. The molecule has 0 saturated carbocycles. The Hall–Kier alpha value is -2.38. The van der Waals surface area contributed by atoms with Crippen LogP contribution in [-0.4, -0.2) is 18.9 Å². The third-order valence-corrected chi connectivity index (χ3v) is 4.10. The maximum Gasteiger partial charge on any atom is 0.129 e. The van der Waals surface area contributed by atoms with Crippen molar-refractivity contribution in [1.82, 2.24) is 18.9 Å². The molecular formula is C13H9ClN6S. The first-order chi connectivity index (χ1) is 10.2. The van der Waals surface area contributed by atoms with Crippen molar-refractivity contribution in [2.45, 2.75) is 0 Å². The van der Waals surface area contributed by atoms with Gasteiger partial charge in [-0.2, -0.15) is 13.8 Å². The van der Waals surface area contributed by atoms with Gasteiger partial charge in [0, 0.05) is 5.39 Å². The number of anilines is 3. The monoisotopic (exact) mass is 316 g/mol. The van der Waals surface area contributed by atoms with Gasteiger partial charge < -0.3 is 11.1 Å². The second-order valence-electron chi connectivity index (χ2n) is 4.58. The minimum atomic E-state index is 0.569. The van der Waals surface area contributed by atoms with E-state index in [2.05, 4.69) is 24.3 Å². The van der Waals surface area contributed by atoms with Crippen LogP contribution in [0.1, 0.15) is 0 Å². The highest BCUT2D eigenvalue weighted by Crippen LogP contribution is 2.35. The number of rotatable bonds is 2. The molecule has 0 aliphatic carbocycles. The summed E-state index contributed by atoms with van der Waals surface area (Å²) in [6, 6.07) is 7.38. The minimum Gasteiger partial charge on any atom is -0.397 e. The number of nitrogens with one attached hydrogen (secondary N) is 2. The number of H-pyrrole nitrogens is 1. The number of hydrogen-bond acceptors (Lipinski definition) is 6. The molecule has 0 bridgehead atoms. The van der Waals surface area contributed by atoms with Crippen LogP contribution < -0.4 is 11.1 Å². The van der Waals surface area contributed by atoms with Gasteiger partial charge in [0.1, 0.15) is 11.0 Å². The Bertz CT molecular complexity index is 960. The summed E-state index contributed by atoms with van der Waals surface area (Å²) in [4.78, 5) is 0. The van der Waals surface area contributed by atoms with Crippen LogP contribution in [0, 0.1) is 0 Å². The summed E-state index contributed by atoms with van der Waals surface area (Å²) in [6.45, 7) is 0. The molecule has 2 heterocycles. The van der Waals surface area contributed by atoms with Crippen molar-refractivity contribution < 1.29 is 0 Å². The first kappa shape index (κ1) is 12.4. The lowest BCUT2D eigenvalue weighted by Crippen LogP contribution is -1.97. The summed E-state index contributed by atoms with van der Waals surface area (Å²) in [6.07, 6.45) is 1.73. The van der Waals surface area contributed by atoms with E-state index >= 15 is 0 Å². The predicted molar refractivity (Wildman–Crippen MR) is 86.2 cm³/mol. The van der Waals surface area contributed by atoms with Gasteiger partial charge >= 0.3 is 0 Å². The predicted octanol–water partition coefficient (Wildman–Crippen LogP) is 3.55. The minimum absolute atomic E-state index is 0.569. The largest absolute Gasteiger partial charge is 0.397 e. The fourth-order valence-corrected chi connectivity index (χ4v) is 2.94. The average molecular weight is 317 g/mol. The van der Waals surface area contributed by atoms with Gasteiger partial charge in [0.25, 0.3) is 0 Å². The van der Waals surface area contributed by atoms with Gasteiger partial charge in [-0.25, -0.2) is 0 Å². The molecule has 0 saturated heterocycles. The molecule has 6 nitrogen and oxygen atoms in total. The summed E-state index contributed by atoms with van der Waals surface area (Å²) < 4.78 is 8.49. The third-order valence-electron chi connectivity index (χ3n) is 3.25. The maximum absolute atomic E-state index is 6.27. The van der Waals surface area contributed by atoms with E-state index in [0.717, 1.165) is 39.4 Å². The van der Waals surface area contributed by atoms with E-state index in [0.29, 0.717) is 16.4 Å². The number of hydrogen-bond donors (Lipinski definition) is 3. The second-order valence-corrected chi connectivity index (χ2v) is 5.51. The van der Waals surface area contributed by atoms with E-state index < -0.39 is 0 Å². The van der Waals surface area contributed by atoms with E-state index in [1.165, 1.54) is 0 Å². The Morgan fingerprint density at radius 2 is 2.14 bits per heavy atom. The summed E-state index contributed by atoms with van der Waals surface area (Å²) >= 11 is 7.42. The number of nitrogens with two attached hydrogens (primary N) is 1. The Morgan fingerprint density at radius 1 is 1.24 bits per heavy atom. The molecule has 2 aromatic heterocycles. The lowest BCUT2D eigenvalue weighted by molar-refractivity contribution is 1.12. The fourth-order valence-electron chi connectivity index (χ4n) is 2.20. The highest BCUT2D eigenvalue weighted by molar-refractivity contribution is 7.00. The van der Waals surface area contributed by atoms with Gasteiger partial charge in [-0.15, -0.1) is 0 Å². The molecule has 0 radical (unpaired) electrons. The van der Waals surface area contributed by atoms with Crippen LogP contribution in [0.15, 0.2) is 30.5 Å². The zero-order valence-corrected chi connectivity index (χ0v) is 12.2. The van der Waals surface area contributed by atoms with E-state index in [1.807, 2.05) is 18.2 Å². The Morgan fingerprint density at radius 3 is 3.05 bits per heavy atom. The lowest BCUT2D eigenvalue weighted by Gasteiger charge is -2.11. The van der Waals surface area contributed by atoms with Crippen molar-refractivity contribution in [2.24, 2.45) is 0 Å². The topological polar surface area (TPSA) is 92.5 Å². The number of aromatic amines is 1. The summed E-state index contributed by atoms with van der Waals surface area (Å²) in [5.41, 5.74) is 10.6. The number of nitrogens with zero attached hydrogens (tertiary/aromatic N) is 3. The molecule has 0 amide bonds. The van der Waals surface area contributed by atoms with Crippen LogP contribution in [0.2, 0.25) is 5.02 Å². The molecule has 2 aromatic carbocycles. The molecule has 4 N–H and O–H groups in total.